The molecule has 0 unspecified atom stereocenters. The van der Waals surface area contributed by atoms with E-state index in [1.807, 2.05) is 0 Å². The molecule has 6 heteroatoms. The van der Waals surface area contributed by atoms with Gasteiger partial charge >= 0.3 is 0 Å². The SMILES string of the molecule is CNc1ncc(F)cc1C(=O)Nc1ccc(C)cc1F. The first kappa shape index (κ1) is 13.9. The number of pyridine rings is 1. The van der Waals surface area contributed by atoms with Gasteiger partial charge in [0.25, 0.3) is 5.91 Å². The molecule has 2 aromatic rings. The van der Waals surface area contributed by atoms with E-state index in [9.17, 15) is 13.6 Å². The van der Waals surface area contributed by atoms with Gasteiger partial charge in [0.1, 0.15) is 17.5 Å². The van der Waals surface area contributed by atoms with Crippen molar-refractivity contribution in [3.05, 3.63) is 53.2 Å². The van der Waals surface area contributed by atoms with E-state index in [1.165, 1.54) is 12.1 Å². The van der Waals surface area contributed by atoms with E-state index in [1.54, 1.807) is 20.0 Å². The molecule has 0 bridgehead atoms. The number of halogens is 2. The molecule has 1 heterocycles. The first-order valence-corrected chi connectivity index (χ1v) is 5.92. The minimum absolute atomic E-state index is 0.00692. The third kappa shape index (κ3) is 2.90. The van der Waals surface area contributed by atoms with E-state index in [0.29, 0.717) is 0 Å². The Bertz CT molecular complexity index is 659. The highest BCUT2D eigenvalue weighted by atomic mass is 19.1. The molecule has 4 nitrogen and oxygen atoms in total. The van der Waals surface area contributed by atoms with Crippen LogP contribution in [0.5, 0.6) is 0 Å². The van der Waals surface area contributed by atoms with Gasteiger partial charge in [0.15, 0.2) is 0 Å². The van der Waals surface area contributed by atoms with Crippen LogP contribution >= 0.6 is 0 Å². The Hall–Kier alpha value is -2.50. The molecule has 2 N–H and O–H groups in total. The smallest absolute Gasteiger partial charge is 0.259 e. The molecule has 0 atom stereocenters. The van der Waals surface area contributed by atoms with Crippen molar-refractivity contribution in [3.63, 3.8) is 0 Å². The topological polar surface area (TPSA) is 54.0 Å². The number of rotatable bonds is 3. The minimum atomic E-state index is -0.640. The zero-order valence-electron chi connectivity index (χ0n) is 11.0. The number of nitrogens with zero attached hydrogens (tertiary/aromatic N) is 1. The van der Waals surface area contributed by atoms with E-state index in [4.69, 9.17) is 0 Å². The molecule has 1 aromatic carbocycles. The molecule has 0 radical (unpaired) electrons. The lowest BCUT2D eigenvalue weighted by Gasteiger charge is -2.10. The molecule has 20 heavy (non-hydrogen) atoms. The number of aryl methyl sites for hydroxylation is 1. The number of carbonyl (C=O) groups excluding carboxylic acids is 1. The number of hydrogen-bond donors (Lipinski definition) is 2. The molecule has 0 aliphatic rings. The van der Waals surface area contributed by atoms with Gasteiger partial charge in [0.2, 0.25) is 0 Å². The van der Waals surface area contributed by atoms with Gasteiger partial charge in [-0.1, -0.05) is 6.07 Å². The summed E-state index contributed by atoms with van der Waals surface area (Å²) in [6.07, 6.45) is 0.995. The second-order valence-electron chi connectivity index (χ2n) is 4.24. The average Bonchev–Trinajstić information content (AvgIpc) is 2.41. The molecular formula is C14H13F2N3O. The Balaban J connectivity index is 2.30. The van der Waals surface area contributed by atoms with Crippen LogP contribution in [-0.2, 0) is 0 Å². The summed E-state index contributed by atoms with van der Waals surface area (Å²) in [4.78, 5) is 15.8. The lowest BCUT2D eigenvalue weighted by Crippen LogP contribution is -2.16. The molecule has 0 spiro atoms. The molecule has 2 rings (SSSR count). The molecule has 0 fully saturated rings. The highest BCUT2D eigenvalue weighted by Gasteiger charge is 2.15. The number of amides is 1. The van der Waals surface area contributed by atoms with Gasteiger partial charge in [-0.15, -0.1) is 0 Å². The normalized spacial score (nSPS) is 10.2. The van der Waals surface area contributed by atoms with Crippen molar-refractivity contribution in [3.8, 4) is 0 Å². The molecule has 1 aromatic heterocycles. The van der Waals surface area contributed by atoms with Crippen molar-refractivity contribution in [1.82, 2.24) is 4.98 Å². The summed E-state index contributed by atoms with van der Waals surface area (Å²) in [6.45, 7) is 1.74. The van der Waals surface area contributed by atoms with Crippen molar-refractivity contribution in [1.29, 1.82) is 0 Å². The second-order valence-corrected chi connectivity index (χ2v) is 4.24. The molecular weight excluding hydrogens is 264 g/mol. The highest BCUT2D eigenvalue weighted by Crippen LogP contribution is 2.19. The van der Waals surface area contributed by atoms with Crippen LogP contribution in [0.4, 0.5) is 20.3 Å². The Morgan fingerprint density at radius 1 is 1.25 bits per heavy atom. The van der Waals surface area contributed by atoms with E-state index < -0.39 is 17.5 Å². The molecule has 1 amide bonds. The van der Waals surface area contributed by atoms with Crippen LogP contribution in [-0.4, -0.2) is 17.9 Å². The molecule has 104 valence electrons. The maximum absolute atomic E-state index is 13.7. The fourth-order valence-electron chi connectivity index (χ4n) is 1.72. The summed E-state index contributed by atoms with van der Waals surface area (Å²) in [5.41, 5.74) is 0.781. The zero-order valence-corrected chi connectivity index (χ0v) is 11.0. The van der Waals surface area contributed by atoms with Crippen LogP contribution in [0.2, 0.25) is 0 Å². The Morgan fingerprint density at radius 3 is 2.65 bits per heavy atom. The van der Waals surface area contributed by atoms with Crippen LogP contribution in [0.25, 0.3) is 0 Å². The van der Waals surface area contributed by atoms with Gasteiger partial charge in [-0.2, -0.15) is 0 Å². The molecule has 0 saturated carbocycles. The van der Waals surface area contributed by atoms with E-state index in [0.717, 1.165) is 17.8 Å². The van der Waals surface area contributed by atoms with Crippen molar-refractivity contribution >= 4 is 17.4 Å². The third-order valence-corrected chi connectivity index (χ3v) is 2.71. The fourth-order valence-corrected chi connectivity index (χ4v) is 1.72. The maximum Gasteiger partial charge on any atom is 0.259 e. The number of aromatic nitrogens is 1. The summed E-state index contributed by atoms with van der Waals surface area (Å²) in [7, 11) is 1.56. The summed E-state index contributed by atoms with van der Waals surface area (Å²) < 4.78 is 26.8. The number of hydrogen-bond acceptors (Lipinski definition) is 3. The Labute approximate surface area is 114 Å². The van der Waals surface area contributed by atoms with Gasteiger partial charge in [0.05, 0.1) is 17.4 Å². The van der Waals surface area contributed by atoms with Crippen molar-refractivity contribution < 1.29 is 13.6 Å². The van der Waals surface area contributed by atoms with Crippen molar-refractivity contribution in [2.75, 3.05) is 17.7 Å². The van der Waals surface area contributed by atoms with Crippen LogP contribution in [0, 0.1) is 18.6 Å². The minimum Gasteiger partial charge on any atom is -0.372 e. The Kier molecular flexibility index (Phi) is 3.93. The average molecular weight is 277 g/mol. The summed E-state index contributed by atoms with van der Waals surface area (Å²) in [5.74, 6) is -1.60. The second kappa shape index (κ2) is 5.64. The van der Waals surface area contributed by atoms with Crippen LogP contribution in [0.3, 0.4) is 0 Å². The molecule has 0 aliphatic carbocycles. The predicted octanol–water partition coefficient (Wildman–Crippen LogP) is 2.96. The molecule has 0 saturated heterocycles. The maximum atomic E-state index is 13.7. The van der Waals surface area contributed by atoms with Crippen LogP contribution in [0.1, 0.15) is 15.9 Å². The Morgan fingerprint density at radius 2 is 2.00 bits per heavy atom. The van der Waals surface area contributed by atoms with Crippen LogP contribution in [0.15, 0.2) is 30.5 Å². The van der Waals surface area contributed by atoms with Gasteiger partial charge in [-0.25, -0.2) is 13.8 Å². The fraction of sp³-hybridized carbons (Fsp3) is 0.143. The van der Waals surface area contributed by atoms with Gasteiger partial charge < -0.3 is 10.6 Å². The van der Waals surface area contributed by atoms with Gasteiger partial charge in [0, 0.05) is 7.05 Å². The van der Waals surface area contributed by atoms with Crippen LogP contribution < -0.4 is 10.6 Å². The number of anilines is 2. The predicted molar refractivity (Wildman–Crippen MR) is 72.8 cm³/mol. The standard InChI is InChI=1S/C14H13F2N3O/c1-8-3-4-12(11(16)5-8)19-14(20)10-6-9(15)7-18-13(10)17-2/h3-7H,1-2H3,(H,17,18)(H,19,20). The summed E-state index contributed by atoms with van der Waals surface area (Å²) in [6, 6.07) is 5.47. The summed E-state index contributed by atoms with van der Waals surface area (Å²) in [5, 5.41) is 5.08. The number of nitrogens with one attached hydrogen (secondary N) is 2. The number of benzene rings is 1. The van der Waals surface area contributed by atoms with Gasteiger partial charge in [-0.3, -0.25) is 4.79 Å². The monoisotopic (exact) mass is 277 g/mol. The van der Waals surface area contributed by atoms with E-state index in [2.05, 4.69) is 15.6 Å². The highest BCUT2D eigenvalue weighted by molar-refractivity contribution is 6.07. The molecule has 0 aliphatic heterocycles. The van der Waals surface area contributed by atoms with E-state index >= 15 is 0 Å². The zero-order chi connectivity index (χ0) is 14.7. The number of carbonyl (C=O) groups is 1. The lowest BCUT2D eigenvalue weighted by atomic mass is 10.2. The van der Waals surface area contributed by atoms with Crippen molar-refractivity contribution in [2.45, 2.75) is 6.92 Å². The van der Waals surface area contributed by atoms with Crippen molar-refractivity contribution in [2.24, 2.45) is 0 Å². The quantitative estimate of drug-likeness (QED) is 0.907. The largest absolute Gasteiger partial charge is 0.372 e. The van der Waals surface area contributed by atoms with E-state index in [-0.39, 0.29) is 17.1 Å². The van der Waals surface area contributed by atoms with Gasteiger partial charge in [-0.05, 0) is 30.7 Å². The first-order valence-electron chi connectivity index (χ1n) is 5.92. The lowest BCUT2D eigenvalue weighted by molar-refractivity contribution is 0.102. The summed E-state index contributed by atoms with van der Waals surface area (Å²) >= 11 is 0. The first-order chi connectivity index (χ1) is 9.51. The third-order valence-electron chi connectivity index (χ3n) is 2.71.